The summed E-state index contributed by atoms with van der Waals surface area (Å²) in [5.74, 6) is -0.190. The fraction of sp³-hybridized carbons (Fsp3) is 0.562. The zero-order chi connectivity index (χ0) is 16.4. The topological polar surface area (TPSA) is 46.3 Å². The third kappa shape index (κ3) is 4.85. The molecule has 2 rings (SSSR count). The molecular formula is C16H22ClF3N2O. The van der Waals surface area contributed by atoms with E-state index in [0.717, 1.165) is 31.4 Å². The van der Waals surface area contributed by atoms with Gasteiger partial charge in [0.15, 0.2) is 0 Å². The van der Waals surface area contributed by atoms with Crippen LogP contribution in [0.5, 0.6) is 0 Å². The van der Waals surface area contributed by atoms with Crippen molar-refractivity contribution in [3.8, 4) is 0 Å². The molecule has 7 heteroatoms. The molecule has 0 aliphatic heterocycles. The summed E-state index contributed by atoms with van der Waals surface area (Å²) in [4.78, 5) is 13.9. The molecule has 0 saturated heterocycles. The van der Waals surface area contributed by atoms with Crippen LogP contribution in [0.3, 0.4) is 0 Å². The summed E-state index contributed by atoms with van der Waals surface area (Å²) in [5, 5.41) is 0. The Labute approximate surface area is 140 Å². The van der Waals surface area contributed by atoms with Crippen LogP contribution in [0.2, 0.25) is 0 Å². The number of hydrogen-bond donors (Lipinski definition) is 1. The van der Waals surface area contributed by atoms with Gasteiger partial charge in [0.25, 0.3) is 0 Å². The lowest BCUT2D eigenvalue weighted by Crippen LogP contribution is -2.55. The van der Waals surface area contributed by atoms with Crippen LogP contribution in [0, 0.1) is 0 Å². The van der Waals surface area contributed by atoms with Crippen molar-refractivity contribution in [3.05, 3.63) is 35.4 Å². The van der Waals surface area contributed by atoms with E-state index >= 15 is 0 Å². The van der Waals surface area contributed by atoms with Gasteiger partial charge in [-0.1, -0.05) is 31.4 Å². The molecular weight excluding hydrogens is 329 g/mol. The summed E-state index contributed by atoms with van der Waals surface area (Å²) >= 11 is 0. The Morgan fingerprint density at radius 3 is 2.43 bits per heavy atom. The molecule has 3 nitrogen and oxygen atoms in total. The molecule has 1 aromatic rings. The standard InChI is InChI=1S/C16H21F3N2O.ClH/c1-21(14(22)15(20)8-3-2-4-9-15)11-12-6-5-7-13(10-12)16(17,18)19;/h5-7,10H,2-4,8-9,11,20H2,1H3;1H. The lowest BCUT2D eigenvalue weighted by Gasteiger charge is -2.35. The second-order valence-electron chi connectivity index (χ2n) is 6.08. The molecule has 0 heterocycles. The Hall–Kier alpha value is -1.27. The Bertz CT molecular complexity index is 542. The maximum atomic E-state index is 12.7. The average Bonchev–Trinajstić information content (AvgIpc) is 2.46. The maximum Gasteiger partial charge on any atom is 0.416 e. The van der Waals surface area contributed by atoms with E-state index in [2.05, 4.69) is 0 Å². The Kier molecular flexibility index (Phi) is 6.48. The molecule has 130 valence electrons. The number of nitrogens with zero attached hydrogens (tertiary/aromatic N) is 1. The van der Waals surface area contributed by atoms with Crippen molar-refractivity contribution in [2.75, 3.05) is 7.05 Å². The van der Waals surface area contributed by atoms with Crippen LogP contribution in [-0.4, -0.2) is 23.4 Å². The Balaban J connectivity index is 0.00000264. The zero-order valence-corrected chi connectivity index (χ0v) is 13.8. The van der Waals surface area contributed by atoms with Gasteiger partial charge >= 0.3 is 6.18 Å². The summed E-state index contributed by atoms with van der Waals surface area (Å²) in [7, 11) is 1.59. The first kappa shape index (κ1) is 19.8. The number of likely N-dealkylation sites (N-methyl/N-ethyl adjacent to an activating group) is 1. The monoisotopic (exact) mass is 350 g/mol. The van der Waals surface area contributed by atoms with Gasteiger partial charge in [-0.2, -0.15) is 13.2 Å². The van der Waals surface area contributed by atoms with Crippen LogP contribution in [0.4, 0.5) is 13.2 Å². The van der Waals surface area contributed by atoms with Crippen molar-refractivity contribution < 1.29 is 18.0 Å². The summed E-state index contributed by atoms with van der Waals surface area (Å²) in [6, 6.07) is 5.04. The van der Waals surface area contributed by atoms with Crippen LogP contribution in [0.1, 0.15) is 43.2 Å². The Morgan fingerprint density at radius 2 is 1.87 bits per heavy atom. The van der Waals surface area contributed by atoms with Crippen molar-refractivity contribution in [3.63, 3.8) is 0 Å². The normalized spacial score (nSPS) is 17.3. The summed E-state index contributed by atoms with van der Waals surface area (Å²) in [6.45, 7) is 0.127. The lowest BCUT2D eigenvalue weighted by atomic mass is 9.81. The molecule has 2 N–H and O–H groups in total. The molecule has 1 aliphatic rings. The lowest BCUT2D eigenvalue weighted by molar-refractivity contribution is -0.137. The number of carbonyl (C=O) groups excluding carboxylic acids is 1. The minimum absolute atomic E-state index is 0. The maximum absolute atomic E-state index is 12.7. The van der Waals surface area contributed by atoms with E-state index in [9.17, 15) is 18.0 Å². The molecule has 1 fully saturated rings. The molecule has 1 amide bonds. The summed E-state index contributed by atoms with van der Waals surface area (Å²) in [5.41, 5.74) is 5.07. The van der Waals surface area contributed by atoms with Gasteiger partial charge < -0.3 is 10.6 Å². The third-order valence-electron chi connectivity index (χ3n) is 4.19. The van der Waals surface area contributed by atoms with E-state index in [1.165, 1.54) is 11.0 Å². The van der Waals surface area contributed by atoms with Gasteiger partial charge in [0.2, 0.25) is 5.91 Å². The van der Waals surface area contributed by atoms with Crippen LogP contribution in [0.15, 0.2) is 24.3 Å². The quantitative estimate of drug-likeness (QED) is 0.902. The van der Waals surface area contributed by atoms with E-state index < -0.39 is 17.3 Å². The number of carbonyl (C=O) groups is 1. The largest absolute Gasteiger partial charge is 0.416 e. The van der Waals surface area contributed by atoms with Crippen molar-refractivity contribution in [1.29, 1.82) is 0 Å². The van der Waals surface area contributed by atoms with Crippen LogP contribution >= 0.6 is 12.4 Å². The Morgan fingerprint density at radius 1 is 1.26 bits per heavy atom. The predicted octanol–water partition coefficient (Wildman–Crippen LogP) is 3.75. The smallest absolute Gasteiger partial charge is 0.340 e. The highest BCUT2D eigenvalue weighted by Crippen LogP contribution is 2.30. The van der Waals surface area contributed by atoms with E-state index in [1.54, 1.807) is 13.1 Å². The van der Waals surface area contributed by atoms with Gasteiger partial charge in [0.05, 0.1) is 11.1 Å². The number of nitrogens with two attached hydrogens (primary N) is 1. The number of benzene rings is 1. The number of hydrogen-bond acceptors (Lipinski definition) is 2. The van der Waals surface area contributed by atoms with Gasteiger partial charge in [-0.3, -0.25) is 4.79 Å². The number of amides is 1. The first-order chi connectivity index (χ1) is 10.2. The molecule has 0 unspecified atom stereocenters. The van der Waals surface area contributed by atoms with Crippen LogP contribution in [0.25, 0.3) is 0 Å². The molecule has 1 aromatic carbocycles. The molecule has 0 spiro atoms. The highest BCUT2D eigenvalue weighted by atomic mass is 35.5. The van der Waals surface area contributed by atoms with Gasteiger partial charge in [-0.05, 0) is 30.5 Å². The van der Waals surface area contributed by atoms with Crippen molar-refractivity contribution in [2.45, 2.75) is 50.4 Å². The van der Waals surface area contributed by atoms with Crippen LogP contribution in [-0.2, 0) is 17.5 Å². The second-order valence-corrected chi connectivity index (χ2v) is 6.08. The van der Waals surface area contributed by atoms with Crippen molar-refractivity contribution >= 4 is 18.3 Å². The molecule has 0 radical (unpaired) electrons. The molecule has 1 aliphatic carbocycles. The first-order valence-corrected chi connectivity index (χ1v) is 7.43. The van der Waals surface area contributed by atoms with Crippen LogP contribution < -0.4 is 5.73 Å². The highest BCUT2D eigenvalue weighted by Gasteiger charge is 2.37. The van der Waals surface area contributed by atoms with Gasteiger partial charge in [0.1, 0.15) is 0 Å². The van der Waals surface area contributed by atoms with Gasteiger partial charge in [-0.25, -0.2) is 0 Å². The summed E-state index contributed by atoms with van der Waals surface area (Å²) in [6.07, 6.45) is -0.197. The minimum atomic E-state index is -4.38. The third-order valence-corrected chi connectivity index (χ3v) is 4.19. The first-order valence-electron chi connectivity index (χ1n) is 7.43. The fourth-order valence-corrected chi connectivity index (χ4v) is 2.97. The molecule has 0 atom stereocenters. The van der Waals surface area contributed by atoms with E-state index in [1.807, 2.05) is 0 Å². The minimum Gasteiger partial charge on any atom is -0.340 e. The number of alkyl halides is 3. The van der Waals surface area contributed by atoms with Gasteiger partial charge in [0, 0.05) is 13.6 Å². The fourth-order valence-electron chi connectivity index (χ4n) is 2.97. The van der Waals surface area contributed by atoms with Crippen molar-refractivity contribution in [1.82, 2.24) is 4.90 Å². The molecule has 0 bridgehead atoms. The highest BCUT2D eigenvalue weighted by molar-refractivity contribution is 5.86. The van der Waals surface area contributed by atoms with E-state index in [-0.39, 0.29) is 24.9 Å². The van der Waals surface area contributed by atoms with Crippen molar-refractivity contribution in [2.24, 2.45) is 5.73 Å². The van der Waals surface area contributed by atoms with E-state index in [4.69, 9.17) is 5.73 Å². The van der Waals surface area contributed by atoms with E-state index in [0.29, 0.717) is 18.4 Å². The summed E-state index contributed by atoms with van der Waals surface area (Å²) < 4.78 is 38.1. The zero-order valence-electron chi connectivity index (χ0n) is 13.0. The number of halogens is 4. The average molecular weight is 351 g/mol. The van der Waals surface area contributed by atoms with Gasteiger partial charge in [-0.15, -0.1) is 12.4 Å². The molecule has 23 heavy (non-hydrogen) atoms. The molecule has 1 saturated carbocycles. The predicted molar refractivity (Wildman–Crippen MR) is 85.2 cm³/mol. The number of rotatable bonds is 3. The second kappa shape index (κ2) is 7.53. The SMILES string of the molecule is CN(Cc1cccc(C(F)(F)F)c1)C(=O)C1(N)CCCCC1.Cl. The molecule has 0 aromatic heterocycles.